The predicted octanol–water partition coefficient (Wildman–Crippen LogP) is 6.52. The summed E-state index contributed by atoms with van der Waals surface area (Å²) in [6, 6.07) is 14.8. The lowest BCUT2D eigenvalue weighted by Crippen LogP contribution is -2.25. The quantitative estimate of drug-likeness (QED) is 0.0994. The standard InChI is InChI=1S/C28H21N3O10/c1-28(2,3)41-27(33)23-22(24(32)16-4-10-19(11-5-16)29(34)35)25(17-6-12-20(13-7-17)30(36)37)40-26(23)18-8-14-21(15-9-18)31(38)39/h4-15H,1-3H3. The number of ketones is 1. The van der Waals surface area contributed by atoms with Gasteiger partial charge in [0, 0.05) is 53.1 Å². The van der Waals surface area contributed by atoms with Gasteiger partial charge in [-0.15, -0.1) is 0 Å². The van der Waals surface area contributed by atoms with Crippen molar-refractivity contribution in [3.05, 3.63) is 120 Å². The molecule has 0 saturated carbocycles. The van der Waals surface area contributed by atoms with Gasteiger partial charge in [0.25, 0.3) is 17.1 Å². The second-order valence-electron chi connectivity index (χ2n) is 9.75. The lowest BCUT2D eigenvalue weighted by atomic mass is 9.94. The monoisotopic (exact) mass is 559 g/mol. The highest BCUT2D eigenvalue weighted by molar-refractivity contribution is 6.19. The minimum Gasteiger partial charge on any atom is -0.456 e. The van der Waals surface area contributed by atoms with Crippen LogP contribution in [0.5, 0.6) is 0 Å². The van der Waals surface area contributed by atoms with Crippen LogP contribution in [0.1, 0.15) is 47.1 Å². The van der Waals surface area contributed by atoms with Crippen molar-refractivity contribution in [1.82, 2.24) is 0 Å². The van der Waals surface area contributed by atoms with E-state index >= 15 is 0 Å². The van der Waals surface area contributed by atoms with Crippen LogP contribution in [0.15, 0.2) is 77.2 Å². The Balaban J connectivity index is 2.02. The van der Waals surface area contributed by atoms with Crippen LogP contribution in [0.4, 0.5) is 17.1 Å². The molecule has 0 aliphatic rings. The van der Waals surface area contributed by atoms with Gasteiger partial charge < -0.3 is 9.15 Å². The molecular formula is C28H21N3O10. The van der Waals surface area contributed by atoms with E-state index in [4.69, 9.17) is 9.15 Å². The van der Waals surface area contributed by atoms with Gasteiger partial charge in [-0.25, -0.2) is 4.79 Å². The molecule has 0 bridgehead atoms. The number of esters is 1. The zero-order chi connectivity index (χ0) is 30.1. The first kappa shape index (κ1) is 28.3. The fourth-order valence-corrected chi connectivity index (χ4v) is 3.93. The molecule has 0 spiro atoms. The number of furan rings is 1. The third kappa shape index (κ3) is 5.98. The van der Waals surface area contributed by atoms with E-state index in [1.807, 2.05) is 0 Å². The number of nitro benzene ring substituents is 3. The summed E-state index contributed by atoms with van der Waals surface area (Å²) in [7, 11) is 0. The maximum absolute atomic E-state index is 13.9. The molecule has 0 amide bonds. The summed E-state index contributed by atoms with van der Waals surface area (Å²) in [6.45, 7) is 4.85. The third-order valence-corrected chi connectivity index (χ3v) is 5.76. The number of nitrogens with zero attached hydrogens (tertiary/aromatic N) is 3. The Morgan fingerprint density at radius 3 is 1.37 bits per heavy atom. The summed E-state index contributed by atoms with van der Waals surface area (Å²) in [6.07, 6.45) is 0. The lowest BCUT2D eigenvalue weighted by Gasteiger charge is -2.20. The summed E-state index contributed by atoms with van der Waals surface area (Å²) < 4.78 is 11.7. The second kappa shape index (κ2) is 10.8. The van der Waals surface area contributed by atoms with E-state index in [2.05, 4.69) is 0 Å². The Hall–Kier alpha value is -5.72. The van der Waals surface area contributed by atoms with Gasteiger partial charge in [0.15, 0.2) is 5.78 Å². The number of nitro groups is 3. The van der Waals surface area contributed by atoms with Crippen molar-refractivity contribution in [1.29, 1.82) is 0 Å². The number of hydrogen-bond donors (Lipinski definition) is 0. The first-order valence-corrected chi connectivity index (χ1v) is 12.0. The van der Waals surface area contributed by atoms with Crippen LogP contribution in [0.2, 0.25) is 0 Å². The maximum Gasteiger partial charge on any atom is 0.343 e. The number of non-ortho nitro benzene ring substituents is 3. The number of ether oxygens (including phenoxy) is 1. The zero-order valence-electron chi connectivity index (χ0n) is 21.9. The highest BCUT2D eigenvalue weighted by atomic mass is 16.6. The van der Waals surface area contributed by atoms with Crippen LogP contribution in [-0.2, 0) is 4.74 Å². The van der Waals surface area contributed by atoms with Crippen LogP contribution in [0.3, 0.4) is 0 Å². The molecule has 41 heavy (non-hydrogen) atoms. The van der Waals surface area contributed by atoms with E-state index in [9.17, 15) is 39.9 Å². The molecule has 4 rings (SSSR count). The molecule has 0 aliphatic heterocycles. The number of rotatable bonds is 8. The molecule has 4 aromatic rings. The fraction of sp³-hybridized carbons (Fsp3) is 0.143. The van der Waals surface area contributed by atoms with E-state index in [0.29, 0.717) is 0 Å². The highest BCUT2D eigenvalue weighted by Gasteiger charge is 2.35. The van der Waals surface area contributed by atoms with E-state index < -0.39 is 32.1 Å². The summed E-state index contributed by atoms with van der Waals surface area (Å²) >= 11 is 0. The van der Waals surface area contributed by atoms with Crippen molar-refractivity contribution in [3.63, 3.8) is 0 Å². The highest BCUT2D eigenvalue weighted by Crippen LogP contribution is 2.40. The van der Waals surface area contributed by atoms with Crippen molar-refractivity contribution < 1.29 is 33.5 Å². The molecule has 1 heterocycles. The molecule has 0 saturated heterocycles. The lowest BCUT2D eigenvalue weighted by molar-refractivity contribution is -0.385. The Morgan fingerprint density at radius 1 is 0.634 bits per heavy atom. The SMILES string of the molecule is CC(C)(C)OC(=O)c1c(-c2ccc([N+](=O)[O-])cc2)oc(-c2ccc([N+](=O)[O-])cc2)c1C(=O)c1ccc([N+](=O)[O-])cc1. The molecule has 3 aromatic carbocycles. The van der Waals surface area contributed by atoms with Crippen LogP contribution < -0.4 is 0 Å². The molecule has 1 aromatic heterocycles. The van der Waals surface area contributed by atoms with Crippen LogP contribution in [0.25, 0.3) is 22.6 Å². The van der Waals surface area contributed by atoms with Gasteiger partial charge in [-0.1, -0.05) is 0 Å². The Bertz CT molecular complexity index is 1680. The van der Waals surface area contributed by atoms with Gasteiger partial charge >= 0.3 is 5.97 Å². The summed E-state index contributed by atoms with van der Waals surface area (Å²) in [5, 5.41) is 33.5. The van der Waals surface area contributed by atoms with Crippen LogP contribution in [0, 0.1) is 30.3 Å². The molecule has 208 valence electrons. The van der Waals surface area contributed by atoms with Gasteiger partial charge in [0.05, 0.1) is 20.3 Å². The van der Waals surface area contributed by atoms with Gasteiger partial charge in [0.1, 0.15) is 22.7 Å². The second-order valence-corrected chi connectivity index (χ2v) is 9.75. The Labute approximate surface area is 231 Å². The smallest absolute Gasteiger partial charge is 0.343 e. The van der Waals surface area contributed by atoms with E-state index in [1.165, 1.54) is 60.7 Å². The van der Waals surface area contributed by atoms with Gasteiger partial charge in [-0.3, -0.25) is 35.1 Å². The predicted molar refractivity (Wildman–Crippen MR) is 145 cm³/mol. The largest absolute Gasteiger partial charge is 0.456 e. The molecule has 13 heteroatoms. The van der Waals surface area contributed by atoms with Crippen molar-refractivity contribution in [3.8, 4) is 22.6 Å². The van der Waals surface area contributed by atoms with E-state index in [1.54, 1.807) is 20.8 Å². The number of benzene rings is 3. The summed E-state index contributed by atoms with van der Waals surface area (Å²) in [5.41, 5.74) is -1.85. The van der Waals surface area contributed by atoms with Crippen molar-refractivity contribution in [2.45, 2.75) is 26.4 Å². The molecule has 0 radical (unpaired) electrons. The van der Waals surface area contributed by atoms with Crippen LogP contribution in [-0.4, -0.2) is 32.1 Å². The topological polar surface area (TPSA) is 186 Å². The normalized spacial score (nSPS) is 11.1. The van der Waals surface area contributed by atoms with Crippen molar-refractivity contribution >= 4 is 28.8 Å². The average Bonchev–Trinajstić information content (AvgIpc) is 3.33. The summed E-state index contributed by atoms with van der Waals surface area (Å²) in [4.78, 5) is 59.2. The van der Waals surface area contributed by atoms with Gasteiger partial charge in [-0.2, -0.15) is 0 Å². The van der Waals surface area contributed by atoms with Gasteiger partial charge in [-0.05, 0) is 57.2 Å². The van der Waals surface area contributed by atoms with Crippen LogP contribution >= 0.6 is 0 Å². The zero-order valence-corrected chi connectivity index (χ0v) is 21.9. The molecule has 0 aliphatic carbocycles. The van der Waals surface area contributed by atoms with E-state index in [-0.39, 0.29) is 56.4 Å². The first-order valence-electron chi connectivity index (χ1n) is 12.0. The average molecular weight is 559 g/mol. The fourth-order valence-electron chi connectivity index (χ4n) is 3.93. The minimum atomic E-state index is -0.998. The summed E-state index contributed by atoms with van der Waals surface area (Å²) in [5.74, 6) is -1.94. The molecule has 0 atom stereocenters. The number of hydrogen-bond acceptors (Lipinski definition) is 10. The number of carbonyl (C=O) groups excluding carboxylic acids is 2. The Morgan fingerprint density at radius 2 is 1.00 bits per heavy atom. The molecule has 13 nitrogen and oxygen atoms in total. The molecule has 0 unspecified atom stereocenters. The van der Waals surface area contributed by atoms with Crippen molar-refractivity contribution in [2.75, 3.05) is 0 Å². The molecule has 0 fully saturated rings. The maximum atomic E-state index is 13.9. The Kier molecular flexibility index (Phi) is 7.46. The minimum absolute atomic E-state index is 0.0142. The van der Waals surface area contributed by atoms with E-state index in [0.717, 1.165) is 12.1 Å². The number of carbonyl (C=O) groups is 2. The molecule has 0 N–H and O–H groups in total. The third-order valence-electron chi connectivity index (χ3n) is 5.76. The van der Waals surface area contributed by atoms with Crippen molar-refractivity contribution in [2.24, 2.45) is 0 Å². The van der Waals surface area contributed by atoms with Gasteiger partial charge in [0.2, 0.25) is 0 Å². The molecular weight excluding hydrogens is 538 g/mol. The first-order chi connectivity index (χ1) is 19.3.